The molecule has 1 heterocycles. The molecule has 1 aromatic heterocycles. The van der Waals surface area contributed by atoms with Gasteiger partial charge in [0.2, 0.25) is 0 Å². The third kappa shape index (κ3) is 11.1. The Bertz CT molecular complexity index is 3110. The number of hydrogen-bond acceptors (Lipinski definition) is 1. The van der Waals surface area contributed by atoms with Crippen LogP contribution in [0.4, 0.5) is 0 Å². The van der Waals surface area contributed by atoms with Crippen molar-refractivity contribution in [1.82, 2.24) is 0 Å². The zero-order chi connectivity index (χ0) is 58.1. The lowest BCUT2D eigenvalue weighted by Gasteiger charge is -2.18. The van der Waals surface area contributed by atoms with E-state index in [1.54, 1.807) is 0 Å². The molecule has 0 amide bonds. The molecular weight excluding hydrogens is 969 g/mol. The van der Waals surface area contributed by atoms with Crippen molar-refractivity contribution in [2.24, 2.45) is 0 Å². The van der Waals surface area contributed by atoms with Crippen LogP contribution in [0.5, 0.6) is 0 Å². The van der Waals surface area contributed by atoms with Gasteiger partial charge < -0.3 is 0 Å². The Morgan fingerprint density at radius 1 is 0.215 bits per heavy atom. The Morgan fingerprint density at radius 3 is 0.557 bits per heavy atom. The summed E-state index contributed by atoms with van der Waals surface area (Å²) in [5.74, 6) is 2.60. The highest BCUT2D eigenvalue weighted by Crippen LogP contribution is 2.55. The molecule has 0 saturated carbocycles. The van der Waals surface area contributed by atoms with Crippen LogP contribution >= 0.6 is 11.3 Å². The fraction of sp³-hybridized carbons (Fsp3) is 0.410. The van der Waals surface area contributed by atoms with Crippen LogP contribution in [0, 0.1) is 11.8 Å². The van der Waals surface area contributed by atoms with Crippen LogP contribution in [0.25, 0.3) is 44.5 Å². The lowest BCUT2D eigenvalue weighted by Crippen LogP contribution is -2.11. The van der Waals surface area contributed by atoms with E-state index in [0.29, 0.717) is 0 Å². The smallest absolute Gasteiger partial charge is 0.0996 e. The molecule has 0 aliphatic heterocycles. The summed E-state index contributed by atoms with van der Waals surface area (Å²) in [5, 5.41) is 0. The third-order valence-electron chi connectivity index (χ3n) is 16.9. The van der Waals surface area contributed by atoms with Gasteiger partial charge in [-0.05, 0) is 114 Å². The molecule has 0 nitrogen and oxygen atoms in total. The molecular formula is C78H94S+2. The van der Waals surface area contributed by atoms with Crippen molar-refractivity contribution < 1.29 is 0 Å². The molecule has 410 valence electrons. The van der Waals surface area contributed by atoms with Crippen LogP contribution < -0.4 is 0 Å². The molecule has 0 N–H and O–H groups in total. The SMILES string of the molecule is CC(C)(C)c1ccc2c([C+](c3ccc([C+](c4cc(C(C)(C)C)c5ccc(C(C)(C)C)ccc4-5)c4cc(C(C)(C)C)c5ccc(C(C)(C)C)ccc4-5)s3)c3cc(C(C)(C)C)c4ccc(C(C)(C)C)ccc3-4)cc(C(C)(C)C)c-2cc1. The summed E-state index contributed by atoms with van der Waals surface area (Å²) in [6, 6.07) is 53.9. The van der Waals surface area contributed by atoms with Crippen LogP contribution in [0.15, 0.2) is 133 Å². The van der Waals surface area contributed by atoms with Gasteiger partial charge in [0.15, 0.2) is 0 Å². The molecule has 1 aromatic rings. The second kappa shape index (κ2) is 19.5. The minimum Gasteiger partial charge on any atom is -0.105 e. The summed E-state index contributed by atoms with van der Waals surface area (Å²) in [6.45, 7) is 56.7. The molecule has 0 saturated heterocycles. The van der Waals surface area contributed by atoms with Gasteiger partial charge in [-0.15, -0.1) is 11.3 Å². The number of fused-ring (bicyclic) bond motifs is 4. The van der Waals surface area contributed by atoms with Gasteiger partial charge in [-0.25, -0.2) is 0 Å². The molecule has 9 rings (SSSR count). The van der Waals surface area contributed by atoms with Gasteiger partial charge in [0.25, 0.3) is 0 Å². The molecule has 0 atom stereocenters. The Morgan fingerprint density at radius 2 is 0.392 bits per heavy atom. The van der Waals surface area contributed by atoms with Crippen LogP contribution in [0.1, 0.15) is 243 Å². The van der Waals surface area contributed by atoms with Gasteiger partial charge in [0, 0.05) is 103 Å². The summed E-state index contributed by atoms with van der Waals surface area (Å²) in [4.78, 5) is 2.55. The van der Waals surface area contributed by atoms with Crippen LogP contribution in [-0.4, -0.2) is 0 Å². The maximum atomic E-state index is 2.57. The topological polar surface area (TPSA) is 0 Å². The Labute approximate surface area is 484 Å². The van der Waals surface area contributed by atoms with E-state index in [2.05, 4.69) is 300 Å². The monoisotopic (exact) mass is 1060 g/mol. The van der Waals surface area contributed by atoms with E-state index in [4.69, 9.17) is 0 Å². The van der Waals surface area contributed by atoms with E-state index in [-0.39, 0.29) is 43.3 Å². The quantitative estimate of drug-likeness (QED) is 0.146. The van der Waals surface area contributed by atoms with Gasteiger partial charge in [-0.3, -0.25) is 0 Å². The largest absolute Gasteiger partial charge is 0.105 e. The van der Waals surface area contributed by atoms with E-state index >= 15 is 0 Å². The zero-order valence-corrected chi connectivity index (χ0v) is 53.9. The van der Waals surface area contributed by atoms with Gasteiger partial charge >= 0.3 is 0 Å². The summed E-state index contributed by atoms with van der Waals surface area (Å²) in [5.41, 5.74) is 26.1. The third-order valence-corrected chi connectivity index (χ3v) is 18.1. The summed E-state index contributed by atoms with van der Waals surface area (Å²) >= 11 is 1.97. The fourth-order valence-electron chi connectivity index (χ4n) is 12.1. The van der Waals surface area contributed by atoms with E-state index in [0.717, 1.165) is 0 Å². The molecule has 0 bridgehead atoms. The molecule has 0 fully saturated rings. The lowest BCUT2D eigenvalue weighted by atomic mass is 9.85. The van der Waals surface area contributed by atoms with Crippen molar-refractivity contribution in [2.45, 2.75) is 209 Å². The highest BCUT2D eigenvalue weighted by molar-refractivity contribution is 7.13. The van der Waals surface area contributed by atoms with Crippen molar-refractivity contribution >= 4 is 11.3 Å². The Kier molecular flexibility index (Phi) is 14.3. The molecule has 0 spiro atoms. The Balaban J connectivity index is 1.43. The number of thiophene rings is 1. The van der Waals surface area contributed by atoms with E-state index < -0.39 is 0 Å². The number of hydrogen-bond donors (Lipinski definition) is 0. The van der Waals surface area contributed by atoms with Crippen molar-refractivity contribution in [3.8, 4) is 44.5 Å². The fourth-order valence-corrected chi connectivity index (χ4v) is 13.3. The first-order chi connectivity index (χ1) is 36.2. The predicted octanol–water partition coefficient (Wildman–Crippen LogP) is 22.6. The maximum absolute atomic E-state index is 2.57. The van der Waals surface area contributed by atoms with Crippen molar-refractivity contribution in [3.63, 3.8) is 0 Å². The second-order valence-corrected chi connectivity index (χ2v) is 32.7. The second-order valence-electron chi connectivity index (χ2n) is 31.6. The summed E-state index contributed by atoms with van der Waals surface area (Å²) < 4.78 is 0. The summed E-state index contributed by atoms with van der Waals surface area (Å²) in [7, 11) is 0. The molecule has 1 heteroatoms. The van der Waals surface area contributed by atoms with E-state index in [1.807, 2.05) is 11.3 Å². The Hall–Kier alpha value is -5.76. The van der Waals surface area contributed by atoms with Crippen LogP contribution in [0.2, 0.25) is 0 Å². The maximum Gasteiger partial charge on any atom is 0.0996 e. The standard InChI is InChI=1S/C78H94S/c1-71(2,3)47-25-33-51-55(37-29-47)63(75(13,14)15)43-59(51)69(60-44-64(76(16,17)18)56-38-30-48(72(4,5)6)26-34-52(56)60)67-41-42-68(79-67)70(61-45-65(77(19,20)21)57-39-31-49(73(7,8)9)27-35-53(57)61)62-46-66(78(22,23)24)58-40-32-50(74(10,11)12)28-36-54(58)62/h25-46H,1-24H3/q+2. The molecule has 8 aliphatic carbocycles. The van der Waals surface area contributed by atoms with Crippen LogP contribution in [0.3, 0.4) is 0 Å². The average molecular weight is 1060 g/mol. The molecule has 79 heavy (non-hydrogen) atoms. The highest BCUT2D eigenvalue weighted by Gasteiger charge is 2.43. The molecule has 8 aliphatic rings. The first-order valence-corrected chi connectivity index (χ1v) is 30.2. The van der Waals surface area contributed by atoms with Crippen molar-refractivity contribution in [3.05, 3.63) is 222 Å². The van der Waals surface area contributed by atoms with Crippen molar-refractivity contribution in [2.75, 3.05) is 0 Å². The minimum atomic E-state index is -0.0999. The normalized spacial score (nSPS) is 13.6. The highest BCUT2D eigenvalue weighted by atomic mass is 32.1. The molecule has 0 radical (unpaired) electrons. The van der Waals surface area contributed by atoms with Gasteiger partial charge in [-0.2, -0.15) is 0 Å². The molecule has 0 unspecified atom stereocenters. The summed E-state index contributed by atoms with van der Waals surface area (Å²) in [6.07, 6.45) is 0. The zero-order valence-electron chi connectivity index (χ0n) is 53.1. The number of rotatable bonds is 6. The molecule has 0 aromatic carbocycles. The van der Waals surface area contributed by atoms with E-state index in [1.165, 1.54) is 133 Å². The lowest BCUT2D eigenvalue weighted by molar-refractivity contribution is 0.590. The van der Waals surface area contributed by atoms with Crippen molar-refractivity contribution in [1.29, 1.82) is 0 Å². The minimum absolute atomic E-state index is 0.00463. The average Bonchev–Trinajstić information content (AvgIpc) is 4.06. The first-order valence-electron chi connectivity index (χ1n) is 29.4. The van der Waals surface area contributed by atoms with Crippen LogP contribution in [-0.2, 0) is 43.3 Å². The van der Waals surface area contributed by atoms with Gasteiger partial charge in [0.1, 0.15) is 0 Å². The predicted molar refractivity (Wildman–Crippen MR) is 347 cm³/mol. The van der Waals surface area contributed by atoms with Gasteiger partial charge in [-0.1, -0.05) is 215 Å². The van der Waals surface area contributed by atoms with Gasteiger partial charge in [0.05, 0.1) is 43.8 Å². The van der Waals surface area contributed by atoms with E-state index in [9.17, 15) is 0 Å². The first kappa shape index (κ1) is 57.9.